The van der Waals surface area contributed by atoms with Gasteiger partial charge in [-0.2, -0.15) is 0 Å². The number of nitrogen functional groups attached to an aromatic ring is 1. The van der Waals surface area contributed by atoms with Gasteiger partial charge in [0.2, 0.25) is 0 Å². The summed E-state index contributed by atoms with van der Waals surface area (Å²) in [6.45, 7) is 0. The van der Waals surface area contributed by atoms with E-state index >= 15 is 0 Å². The number of benzene rings is 1. The Kier molecular flexibility index (Phi) is 2.36. The van der Waals surface area contributed by atoms with Crippen LogP contribution in [0.4, 0.5) is 14.5 Å². The molecule has 0 spiro atoms. The Bertz CT molecular complexity index is 479. The number of fused-ring (bicyclic) bond motifs is 1. The molecule has 0 aliphatic rings. The second-order valence-electron chi connectivity index (χ2n) is 2.87. The van der Waals surface area contributed by atoms with E-state index < -0.39 is 6.43 Å². The molecular weight excluding hydrogens is 224 g/mol. The molecule has 0 unspecified atom stereocenters. The van der Waals surface area contributed by atoms with Crippen molar-refractivity contribution in [2.45, 2.75) is 11.3 Å². The van der Waals surface area contributed by atoms with Gasteiger partial charge in [0.15, 0.2) is 0 Å². The molecule has 1 aromatic heterocycles. The van der Waals surface area contributed by atoms with Gasteiger partial charge in [0.1, 0.15) is 0 Å². The number of hydrogen-bond acceptors (Lipinski definition) is 3. The average molecular weight is 231 g/mol. The number of halogens is 2. The van der Waals surface area contributed by atoms with Gasteiger partial charge in [0.25, 0.3) is 6.43 Å². The largest absolute Gasteiger partial charge is 0.398 e. The van der Waals surface area contributed by atoms with Crippen LogP contribution < -0.4 is 5.73 Å². The molecule has 2 N–H and O–H groups in total. The van der Waals surface area contributed by atoms with Gasteiger partial charge in [-0.15, -0.1) is 24.0 Å². The highest BCUT2D eigenvalue weighted by atomic mass is 32.1. The van der Waals surface area contributed by atoms with E-state index in [1.807, 2.05) is 0 Å². The van der Waals surface area contributed by atoms with Crippen LogP contribution in [0.15, 0.2) is 22.4 Å². The predicted molar refractivity (Wildman–Crippen MR) is 58.4 cm³/mol. The molecule has 0 bridgehead atoms. The van der Waals surface area contributed by atoms with Crippen molar-refractivity contribution in [2.75, 3.05) is 5.73 Å². The molecule has 0 fully saturated rings. The van der Waals surface area contributed by atoms with Crippen molar-refractivity contribution in [3.63, 3.8) is 0 Å². The lowest BCUT2D eigenvalue weighted by Crippen LogP contribution is -1.92. The zero-order valence-corrected chi connectivity index (χ0v) is 8.71. The summed E-state index contributed by atoms with van der Waals surface area (Å²) in [5.74, 6) is 0. The van der Waals surface area contributed by atoms with E-state index in [-0.39, 0.29) is 5.56 Å². The molecule has 0 radical (unpaired) electrons. The standard InChI is InChI=1S/C9H7F2NS2/c10-9(11)5-3-6(12)7(13)8-4(5)1-2-14-8/h1-3,9,13H,12H2. The monoisotopic (exact) mass is 231 g/mol. The highest BCUT2D eigenvalue weighted by Crippen LogP contribution is 2.38. The molecule has 1 nitrogen and oxygen atoms in total. The topological polar surface area (TPSA) is 26.0 Å². The van der Waals surface area contributed by atoms with Crippen molar-refractivity contribution in [3.05, 3.63) is 23.1 Å². The SMILES string of the molecule is Nc1cc(C(F)F)c2ccsc2c1S. The van der Waals surface area contributed by atoms with Crippen LogP contribution in [-0.2, 0) is 0 Å². The molecule has 1 heterocycles. The van der Waals surface area contributed by atoms with Crippen molar-refractivity contribution in [3.8, 4) is 0 Å². The van der Waals surface area contributed by atoms with Gasteiger partial charge in [-0.05, 0) is 17.5 Å². The van der Waals surface area contributed by atoms with Crippen LogP contribution in [-0.4, -0.2) is 0 Å². The minimum Gasteiger partial charge on any atom is -0.398 e. The van der Waals surface area contributed by atoms with E-state index in [0.717, 1.165) is 4.70 Å². The Morgan fingerprint density at radius 1 is 1.43 bits per heavy atom. The van der Waals surface area contributed by atoms with Crippen molar-refractivity contribution in [1.29, 1.82) is 0 Å². The normalized spacial score (nSPS) is 11.4. The zero-order valence-electron chi connectivity index (χ0n) is 7.00. The quantitative estimate of drug-likeness (QED) is 0.568. The van der Waals surface area contributed by atoms with Gasteiger partial charge in [-0.3, -0.25) is 0 Å². The van der Waals surface area contributed by atoms with Gasteiger partial charge in [-0.25, -0.2) is 8.78 Å². The van der Waals surface area contributed by atoms with Crippen LogP contribution >= 0.6 is 24.0 Å². The summed E-state index contributed by atoms with van der Waals surface area (Å²) >= 11 is 5.56. The van der Waals surface area contributed by atoms with Crippen molar-refractivity contribution in [1.82, 2.24) is 0 Å². The molecule has 0 saturated heterocycles. The minimum atomic E-state index is -2.50. The Labute approximate surface area is 88.9 Å². The van der Waals surface area contributed by atoms with E-state index in [1.165, 1.54) is 17.4 Å². The fourth-order valence-electron chi connectivity index (χ4n) is 1.35. The summed E-state index contributed by atoms with van der Waals surface area (Å²) in [5, 5.41) is 2.31. The van der Waals surface area contributed by atoms with Crippen LogP contribution in [0.25, 0.3) is 10.1 Å². The molecule has 0 aliphatic heterocycles. The highest BCUT2D eigenvalue weighted by molar-refractivity contribution is 7.81. The average Bonchev–Trinajstić information content (AvgIpc) is 2.59. The first-order valence-corrected chi connectivity index (χ1v) is 5.20. The third-order valence-electron chi connectivity index (χ3n) is 2.01. The lowest BCUT2D eigenvalue weighted by atomic mass is 10.1. The maximum absolute atomic E-state index is 12.6. The van der Waals surface area contributed by atoms with Crippen molar-refractivity contribution in [2.24, 2.45) is 0 Å². The molecule has 0 amide bonds. The number of alkyl halides is 2. The fourth-order valence-corrected chi connectivity index (χ4v) is 2.57. The summed E-state index contributed by atoms with van der Waals surface area (Å²) < 4.78 is 25.9. The van der Waals surface area contributed by atoms with Gasteiger partial charge < -0.3 is 5.73 Å². The molecule has 0 aliphatic carbocycles. The predicted octanol–water partition coefficient (Wildman–Crippen LogP) is 3.71. The molecule has 5 heteroatoms. The first kappa shape index (κ1) is 9.73. The fraction of sp³-hybridized carbons (Fsp3) is 0.111. The first-order chi connectivity index (χ1) is 6.61. The first-order valence-electron chi connectivity index (χ1n) is 3.88. The number of nitrogens with two attached hydrogens (primary N) is 1. The molecule has 0 atom stereocenters. The molecule has 0 saturated carbocycles. The maximum Gasteiger partial charge on any atom is 0.264 e. The summed E-state index contributed by atoms with van der Waals surface area (Å²) in [6, 6.07) is 2.96. The van der Waals surface area contributed by atoms with Crippen molar-refractivity contribution < 1.29 is 8.78 Å². The minimum absolute atomic E-state index is 0.0171. The molecule has 74 valence electrons. The molecule has 1 aromatic carbocycles. The zero-order chi connectivity index (χ0) is 10.3. The van der Waals surface area contributed by atoms with Crippen LogP contribution in [0, 0.1) is 0 Å². The summed E-state index contributed by atoms with van der Waals surface area (Å²) in [4.78, 5) is 0.583. The number of thiophene rings is 1. The lowest BCUT2D eigenvalue weighted by Gasteiger charge is -2.06. The number of hydrogen-bond donors (Lipinski definition) is 2. The second-order valence-corrected chi connectivity index (χ2v) is 4.23. The third kappa shape index (κ3) is 1.36. The number of thiol groups is 1. The molecule has 2 rings (SSSR count). The maximum atomic E-state index is 12.6. The lowest BCUT2D eigenvalue weighted by molar-refractivity contribution is 0.153. The van der Waals surface area contributed by atoms with E-state index in [0.29, 0.717) is 16.0 Å². The smallest absolute Gasteiger partial charge is 0.264 e. The van der Waals surface area contributed by atoms with E-state index in [1.54, 1.807) is 11.4 Å². The van der Waals surface area contributed by atoms with Crippen LogP contribution in [0.2, 0.25) is 0 Å². The summed E-state index contributed by atoms with van der Waals surface area (Å²) in [5.41, 5.74) is 5.87. The van der Waals surface area contributed by atoms with E-state index in [4.69, 9.17) is 5.73 Å². The van der Waals surface area contributed by atoms with Crippen LogP contribution in [0.3, 0.4) is 0 Å². The van der Waals surface area contributed by atoms with E-state index in [9.17, 15) is 8.78 Å². The Morgan fingerprint density at radius 2 is 2.14 bits per heavy atom. The van der Waals surface area contributed by atoms with Crippen LogP contribution in [0.1, 0.15) is 12.0 Å². The summed E-state index contributed by atoms with van der Waals surface area (Å²) in [7, 11) is 0. The molecule has 14 heavy (non-hydrogen) atoms. The van der Waals surface area contributed by atoms with E-state index in [2.05, 4.69) is 12.6 Å². The second kappa shape index (κ2) is 3.40. The molecule has 2 aromatic rings. The Hall–Kier alpha value is -0.810. The van der Waals surface area contributed by atoms with Gasteiger partial charge in [0, 0.05) is 21.5 Å². The van der Waals surface area contributed by atoms with Gasteiger partial charge in [-0.1, -0.05) is 0 Å². The number of anilines is 1. The molecular formula is C9H7F2NS2. The summed E-state index contributed by atoms with van der Waals surface area (Å²) in [6.07, 6.45) is -2.50. The highest BCUT2D eigenvalue weighted by Gasteiger charge is 2.15. The Balaban J connectivity index is 2.84. The number of rotatable bonds is 1. The Morgan fingerprint density at radius 3 is 2.79 bits per heavy atom. The van der Waals surface area contributed by atoms with Gasteiger partial charge >= 0.3 is 0 Å². The van der Waals surface area contributed by atoms with Crippen LogP contribution in [0.5, 0.6) is 0 Å². The third-order valence-corrected chi connectivity index (χ3v) is 3.58. The van der Waals surface area contributed by atoms with Gasteiger partial charge in [0.05, 0.1) is 4.70 Å². The van der Waals surface area contributed by atoms with Crippen molar-refractivity contribution >= 4 is 39.7 Å².